The maximum absolute atomic E-state index is 12.1. The maximum Gasteiger partial charge on any atom is 0.276 e. The van der Waals surface area contributed by atoms with E-state index in [0.29, 0.717) is 11.3 Å². The summed E-state index contributed by atoms with van der Waals surface area (Å²) in [6.07, 6.45) is 1.31. The summed E-state index contributed by atoms with van der Waals surface area (Å²) < 4.78 is 34.1. The molecule has 7 nitrogen and oxygen atoms in total. The fourth-order valence-corrected chi connectivity index (χ4v) is 2.54. The molecule has 0 heterocycles. The monoisotopic (exact) mass is 336 g/mol. The van der Waals surface area contributed by atoms with Gasteiger partial charge in [0.2, 0.25) is 0 Å². The van der Waals surface area contributed by atoms with Crippen molar-refractivity contribution in [2.75, 3.05) is 14.2 Å². The molecule has 0 saturated heterocycles. The van der Waals surface area contributed by atoms with Crippen LogP contribution in [0.3, 0.4) is 0 Å². The summed E-state index contributed by atoms with van der Waals surface area (Å²) in [6, 6.07) is 10.5. The second-order valence-corrected chi connectivity index (χ2v) is 6.12. The zero-order valence-corrected chi connectivity index (χ0v) is 13.4. The molecule has 0 fully saturated rings. The van der Waals surface area contributed by atoms with Crippen LogP contribution < -0.4 is 14.3 Å². The van der Waals surface area contributed by atoms with Crippen LogP contribution in [0.15, 0.2) is 52.5 Å². The number of sulfonamides is 1. The molecule has 0 unspecified atom stereocenters. The van der Waals surface area contributed by atoms with Crippen molar-refractivity contribution < 1.29 is 23.0 Å². The first-order valence-corrected chi connectivity index (χ1v) is 8.00. The van der Waals surface area contributed by atoms with Crippen LogP contribution in [0.2, 0.25) is 0 Å². The van der Waals surface area contributed by atoms with Gasteiger partial charge in [-0.25, -0.2) is 4.83 Å². The summed E-state index contributed by atoms with van der Waals surface area (Å²) in [6.45, 7) is 0. The van der Waals surface area contributed by atoms with Gasteiger partial charge in [-0.05, 0) is 48.0 Å². The Morgan fingerprint density at radius 1 is 1.09 bits per heavy atom. The fraction of sp³-hybridized carbons (Fsp3) is 0.133. The van der Waals surface area contributed by atoms with Crippen molar-refractivity contribution in [1.82, 2.24) is 4.83 Å². The highest BCUT2D eigenvalue weighted by Gasteiger charge is 2.12. The fourth-order valence-electron chi connectivity index (χ4n) is 1.75. The Labute approximate surface area is 134 Å². The third-order valence-electron chi connectivity index (χ3n) is 2.96. The van der Waals surface area contributed by atoms with E-state index >= 15 is 0 Å². The van der Waals surface area contributed by atoms with Crippen LogP contribution in [0, 0.1) is 0 Å². The van der Waals surface area contributed by atoms with Gasteiger partial charge < -0.3 is 14.6 Å². The van der Waals surface area contributed by atoms with Gasteiger partial charge in [0.25, 0.3) is 10.0 Å². The van der Waals surface area contributed by atoms with Crippen LogP contribution in [0.1, 0.15) is 5.56 Å². The highest BCUT2D eigenvalue weighted by molar-refractivity contribution is 7.89. The molecule has 0 aliphatic carbocycles. The molecule has 2 N–H and O–H groups in total. The van der Waals surface area contributed by atoms with Gasteiger partial charge in [0.05, 0.1) is 25.3 Å². The van der Waals surface area contributed by atoms with Gasteiger partial charge in [0.15, 0.2) is 11.5 Å². The SMILES string of the molecule is COc1ccc(S(=O)(=O)N/N=C/c2ccc(O)c(OC)c2)cc1. The second-order valence-electron chi connectivity index (χ2n) is 4.46. The van der Waals surface area contributed by atoms with Crippen molar-refractivity contribution in [1.29, 1.82) is 0 Å². The summed E-state index contributed by atoms with van der Waals surface area (Å²) in [5.74, 6) is 0.819. The van der Waals surface area contributed by atoms with Crippen molar-refractivity contribution in [2.45, 2.75) is 4.90 Å². The third-order valence-corrected chi connectivity index (χ3v) is 4.20. The molecule has 8 heteroatoms. The normalized spacial score (nSPS) is 11.4. The highest BCUT2D eigenvalue weighted by Crippen LogP contribution is 2.25. The van der Waals surface area contributed by atoms with Gasteiger partial charge in [0.1, 0.15) is 5.75 Å². The number of hydrazone groups is 1. The molecule has 0 bridgehead atoms. The first-order valence-electron chi connectivity index (χ1n) is 6.52. The number of nitrogens with zero attached hydrogens (tertiary/aromatic N) is 1. The number of phenolic OH excluding ortho intramolecular Hbond substituents is 1. The van der Waals surface area contributed by atoms with E-state index in [1.807, 2.05) is 0 Å². The number of hydrogen-bond acceptors (Lipinski definition) is 6. The van der Waals surface area contributed by atoms with Crippen molar-refractivity contribution in [3.63, 3.8) is 0 Å². The topological polar surface area (TPSA) is 97.2 Å². The van der Waals surface area contributed by atoms with Crippen molar-refractivity contribution in [3.05, 3.63) is 48.0 Å². The Morgan fingerprint density at radius 2 is 1.78 bits per heavy atom. The van der Waals surface area contributed by atoms with Crippen LogP contribution in [0.4, 0.5) is 0 Å². The summed E-state index contributed by atoms with van der Waals surface area (Å²) in [7, 11) is -0.846. The first-order chi connectivity index (χ1) is 11.0. The Hall–Kier alpha value is -2.74. The van der Waals surface area contributed by atoms with Gasteiger partial charge in [-0.15, -0.1) is 0 Å². The molecular formula is C15H16N2O5S. The number of ether oxygens (including phenoxy) is 2. The predicted octanol–water partition coefficient (Wildman–Crippen LogP) is 1.72. The number of benzene rings is 2. The summed E-state index contributed by atoms with van der Waals surface area (Å²) in [4.78, 5) is 2.18. The largest absolute Gasteiger partial charge is 0.504 e. The van der Waals surface area contributed by atoms with Crippen LogP contribution in [0.5, 0.6) is 17.2 Å². The molecule has 0 aromatic heterocycles. The first kappa shape index (κ1) is 16.6. The number of nitrogens with one attached hydrogen (secondary N) is 1. The smallest absolute Gasteiger partial charge is 0.276 e. The molecule has 0 aliphatic rings. The number of methoxy groups -OCH3 is 2. The van der Waals surface area contributed by atoms with Crippen LogP contribution in [-0.4, -0.2) is 34.0 Å². The van der Waals surface area contributed by atoms with Crippen molar-refractivity contribution >= 4 is 16.2 Å². The Balaban J connectivity index is 2.11. The van der Waals surface area contributed by atoms with E-state index in [1.54, 1.807) is 18.2 Å². The number of rotatable bonds is 6. The zero-order chi connectivity index (χ0) is 16.9. The van der Waals surface area contributed by atoms with E-state index < -0.39 is 10.0 Å². The van der Waals surface area contributed by atoms with Crippen LogP contribution in [-0.2, 0) is 10.0 Å². The summed E-state index contributed by atoms with van der Waals surface area (Å²) in [5.41, 5.74) is 0.567. The molecule has 0 atom stereocenters. The van der Waals surface area contributed by atoms with Gasteiger partial charge in [-0.2, -0.15) is 13.5 Å². The summed E-state index contributed by atoms with van der Waals surface area (Å²) >= 11 is 0. The molecule has 0 saturated carbocycles. The van der Waals surface area contributed by atoms with Crippen LogP contribution in [0.25, 0.3) is 0 Å². The molecular weight excluding hydrogens is 320 g/mol. The second kappa shape index (κ2) is 7.01. The van der Waals surface area contributed by atoms with Gasteiger partial charge in [-0.3, -0.25) is 0 Å². The molecule has 2 aromatic rings. The van der Waals surface area contributed by atoms with Crippen LogP contribution >= 0.6 is 0 Å². The average molecular weight is 336 g/mol. The lowest BCUT2D eigenvalue weighted by Gasteiger charge is -2.05. The van der Waals surface area contributed by atoms with Crippen molar-refractivity contribution in [3.8, 4) is 17.2 Å². The highest BCUT2D eigenvalue weighted by atomic mass is 32.2. The van der Waals surface area contributed by atoms with E-state index in [1.165, 1.54) is 44.7 Å². The standard InChI is InChI=1S/C15H16N2O5S/c1-21-12-4-6-13(7-5-12)23(19,20)17-16-10-11-3-8-14(18)15(9-11)22-2/h3-10,17-18H,1-2H3/b16-10+. The number of phenols is 1. The predicted molar refractivity (Wildman–Crippen MR) is 85.6 cm³/mol. The van der Waals surface area contributed by atoms with Gasteiger partial charge in [0, 0.05) is 0 Å². The van der Waals surface area contributed by atoms with E-state index in [4.69, 9.17) is 9.47 Å². The molecule has 2 rings (SSSR count). The Kier molecular flexibility index (Phi) is 5.07. The molecule has 0 amide bonds. The van der Waals surface area contributed by atoms with Crippen molar-refractivity contribution in [2.24, 2.45) is 5.10 Å². The third kappa shape index (κ3) is 4.13. The van der Waals surface area contributed by atoms with Gasteiger partial charge in [-0.1, -0.05) is 0 Å². The van der Waals surface area contributed by atoms with E-state index in [9.17, 15) is 13.5 Å². The quantitative estimate of drug-likeness (QED) is 0.618. The Bertz CT molecular complexity index is 801. The lowest BCUT2D eigenvalue weighted by molar-refractivity contribution is 0.373. The van der Waals surface area contributed by atoms with Gasteiger partial charge >= 0.3 is 0 Å². The lowest BCUT2D eigenvalue weighted by Crippen LogP contribution is -2.18. The molecule has 0 radical (unpaired) electrons. The number of hydrogen-bond donors (Lipinski definition) is 2. The zero-order valence-electron chi connectivity index (χ0n) is 12.6. The average Bonchev–Trinajstić information content (AvgIpc) is 2.56. The van der Waals surface area contributed by atoms with E-state index in [-0.39, 0.29) is 16.4 Å². The molecule has 2 aromatic carbocycles. The molecule has 122 valence electrons. The molecule has 0 spiro atoms. The number of aromatic hydroxyl groups is 1. The molecule has 23 heavy (non-hydrogen) atoms. The lowest BCUT2D eigenvalue weighted by atomic mass is 10.2. The molecule has 0 aliphatic heterocycles. The Morgan fingerprint density at radius 3 is 2.39 bits per heavy atom. The minimum Gasteiger partial charge on any atom is -0.504 e. The maximum atomic E-state index is 12.1. The summed E-state index contributed by atoms with van der Waals surface area (Å²) in [5, 5.41) is 13.2. The van der Waals surface area contributed by atoms with E-state index in [2.05, 4.69) is 9.93 Å². The van der Waals surface area contributed by atoms with E-state index in [0.717, 1.165) is 0 Å². The minimum atomic E-state index is -3.76. The minimum absolute atomic E-state index is 0.0107.